The average molecular weight is 277 g/mol. The second kappa shape index (κ2) is 5.83. The Hall–Kier alpha value is -2.55. The van der Waals surface area contributed by atoms with Gasteiger partial charge in [-0.3, -0.25) is 4.68 Å². The molecule has 1 aromatic heterocycles. The highest BCUT2D eigenvalue weighted by molar-refractivity contribution is 5.46. The Morgan fingerprint density at radius 2 is 1.67 bits per heavy atom. The summed E-state index contributed by atoms with van der Waals surface area (Å²) in [6.07, 6.45) is 1.95. The Bertz CT molecular complexity index is 716. The molecule has 1 N–H and O–H groups in total. The van der Waals surface area contributed by atoms with Crippen LogP contribution >= 0.6 is 0 Å². The van der Waals surface area contributed by atoms with Gasteiger partial charge in [-0.25, -0.2) is 0 Å². The normalized spacial score (nSPS) is 12.1. The summed E-state index contributed by atoms with van der Waals surface area (Å²) in [7, 11) is 1.93. The maximum Gasteiger partial charge on any atom is 0.148 e. The van der Waals surface area contributed by atoms with Crippen LogP contribution in [0.2, 0.25) is 0 Å². The molecular weight excluding hydrogens is 258 g/mol. The smallest absolute Gasteiger partial charge is 0.148 e. The molecule has 0 aliphatic heterocycles. The molecule has 3 nitrogen and oxygen atoms in total. The molecule has 0 fully saturated rings. The van der Waals surface area contributed by atoms with Gasteiger partial charge in [0.05, 0.1) is 6.04 Å². The molecule has 0 amide bonds. The number of nitrogens with zero attached hydrogens (tertiary/aromatic N) is 2. The van der Waals surface area contributed by atoms with Crippen LogP contribution < -0.4 is 5.32 Å². The van der Waals surface area contributed by atoms with Gasteiger partial charge in [-0.1, -0.05) is 54.6 Å². The zero-order valence-corrected chi connectivity index (χ0v) is 12.3. The van der Waals surface area contributed by atoms with Gasteiger partial charge >= 0.3 is 0 Å². The minimum Gasteiger partial charge on any atom is -0.358 e. The van der Waals surface area contributed by atoms with Crippen LogP contribution in [0.25, 0.3) is 0 Å². The molecule has 0 bridgehead atoms. The fourth-order valence-electron chi connectivity index (χ4n) is 2.54. The van der Waals surface area contributed by atoms with Gasteiger partial charge in [0.25, 0.3) is 0 Å². The van der Waals surface area contributed by atoms with Crippen molar-refractivity contribution in [1.29, 1.82) is 0 Å². The first kappa shape index (κ1) is 13.4. The summed E-state index contributed by atoms with van der Waals surface area (Å²) in [5.41, 5.74) is 3.78. The third-order valence-electron chi connectivity index (χ3n) is 3.64. The minimum absolute atomic E-state index is 0.0994. The summed E-state index contributed by atoms with van der Waals surface area (Å²) in [5, 5.41) is 7.98. The van der Waals surface area contributed by atoms with E-state index < -0.39 is 0 Å². The molecule has 0 radical (unpaired) electrons. The van der Waals surface area contributed by atoms with Gasteiger partial charge in [0.2, 0.25) is 0 Å². The molecule has 3 aromatic rings. The molecule has 1 atom stereocenters. The lowest BCUT2D eigenvalue weighted by Crippen LogP contribution is -2.14. The lowest BCUT2D eigenvalue weighted by molar-refractivity contribution is 0.763. The Morgan fingerprint density at radius 1 is 0.952 bits per heavy atom. The van der Waals surface area contributed by atoms with Gasteiger partial charge in [0.15, 0.2) is 0 Å². The van der Waals surface area contributed by atoms with Crippen LogP contribution in [-0.2, 0) is 7.05 Å². The highest BCUT2D eigenvalue weighted by Gasteiger charge is 2.16. The van der Waals surface area contributed by atoms with E-state index in [0.29, 0.717) is 0 Å². The van der Waals surface area contributed by atoms with Gasteiger partial charge in [0.1, 0.15) is 5.82 Å². The third-order valence-corrected chi connectivity index (χ3v) is 3.64. The first-order valence-electron chi connectivity index (χ1n) is 7.11. The number of nitrogens with one attached hydrogen (secondary N) is 1. The molecule has 21 heavy (non-hydrogen) atoms. The van der Waals surface area contributed by atoms with Crippen molar-refractivity contribution in [3.63, 3.8) is 0 Å². The highest BCUT2D eigenvalue weighted by Crippen LogP contribution is 2.28. The molecule has 2 aromatic carbocycles. The number of rotatable bonds is 4. The van der Waals surface area contributed by atoms with Crippen molar-refractivity contribution in [3.05, 3.63) is 83.6 Å². The largest absolute Gasteiger partial charge is 0.358 e. The first-order valence-corrected chi connectivity index (χ1v) is 7.11. The van der Waals surface area contributed by atoms with Crippen LogP contribution in [0.5, 0.6) is 0 Å². The fourth-order valence-corrected chi connectivity index (χ4v) is 2.54. The molecule has 0 aliphatic rings. The Balaban J connectivity index is 2.01. The lowest BCUT2D eigenvalue weighted by Gasteiger charge is -2.21. The van der Waals surface area contributed by atoms with Crippen LogP contribution in [-0.4, -0.2) is 9.78 Å². The van der Waals surface area contributed by atoms with Gasteiger partial charge in [-0.05, 0) is 23.6 Å². The zero-order chi connectivity index (χ0) is 14.7. The van der Waals surface area contributed by atoms with Gasteiger partial charge in [-0.2, -0.15) is 5.10 Å². The second-order valence-corrected chi connectivity index (χ2v) is 5.22. The van der Waals surface area contributed by atoms with Crippen LogP contribution in [0.3, 0.4) is 0 Å². The summed E-state index contributed by atoms with van der Waals surface area (Å²) in [5.74, 6) is 0.884. The van der Waals surface area contributed by atoms with E-state index >= 15 is 0 Å². The van der Waals surface area contributed by atoms with Gasteiger partial charge < -0.3 is 5.32 Å². The maximum atomic E-state index is 4.44. The van der Waals surface area contributed by atoms with Crippen molar-refractivity contribution in [1.82, 2.24) is 9.78 Å². The van der Waals surface area contributed by atoms with Crippen molar-refractivity contribution in [3.8, 4) is 0 Å². The Morgan fingerprint density at radius 3 is 2.33 bits per heavy atom. The number of hydrogen-bond donors (Lipinski definition) is 1. The lowest BCUT2D eigenvalue weighted by atomic mass is 9.95. The molecule has 106 valence electrons. The van der Waals surface area contributed by atoms with Gasteiger partial charge in [-0.15, -0.1) is 0 Å². The second-order valence-electron chi connectivity index (χ2n) is 5.22. The van der Waals surface area contributed by atoms with Crippen molar-refractivity contribution in [2.75, 3.05) is 5.32 Å². The van der Waals surface area contributed by atoms with Crippen LogP contribution in [0, 0.1) is 6.92 Å². The van der Waals surface area contributed by atoms with E-state index in [4.69, 9.17) is 0 Å². The van der Waals surface area contributed by atoms with Crippen molar-refractivity contribution < 1.29 is 0 Å². The standard InChI is InChI=1S/C18H19N3/c1-14-8-6-7-11-16(14)18(15-9-4-3-5-10-15)19-17-12-13-21(2)20-17/h3-13,18H,1-2H3,(H,19,20). The first-order chi connectivity index (χ1) is 10.2. The van der Waals surface area contributed by atoms with Crippen molar-refractivity contribution >= 4 is 5.82 Å². The van der Waals surface area contributed by atoms with E-state index in [2.05, 4.69) is 65.9 Å². The Labute approximate surface area is 125 Å². The van der Waals surface area contributed by atoms with Crippen molar-refractivity contribution in [2.24, 2.45) is 7.05 Å². The number of aromatic nitrogens is 2. The van der Waals surface area contributed by atoms with Crippen LogP contribution in [0.4, 0.5) is 5.82 Å². The van der Waals surface area contributed by atoms with E-state index in [1.165, 1.54) is 16.7 Å². The summed E-state index contributed by atoms with van der Waals surface area (Å²) < 4.78 is 1.81. The zero-order valence-electron chi connectivity index (χ0n) is 12.3. The van der Waals surface area contributed by atoms with E-state index in [-0.39, 0.29) is 6.04 Å². The maximum absolute atomic E-state index is 4.44. The quantitative estimate of drug-likeness (QED) is 0.783. The third kappa shape index (κ3) is 2.97. The van der Waals surface area contributed by atoms with E-state index in [0.717, 1.165) is 5.82 Å². The summed E-state index contributed by atoms with van der Waals surface area (Å²) in [6, 6.07) is 21.0. The molecular formula is C18H19N3. The highest BCUT2D eigenvalue weighted by atomic mass is 15.3. The Kier molecular flexibility index (Phi) is 3.73. The molecule has 0 aliphatic carbocycles. The number of aryl methyl sites for hydroxylation is 2. The fraction of sp³-hybridized carbons (Fsp3) is 0.167. The van der Waals surface area contributed by atoms with E-state index in [9.17, 15) is 0 Å². The SMILES string of the molecule is Cc1ccccc1C(Nc1ccn(C)n1)c1ccccc1. The average Bonchev–Trinajstić information content (AvgIpc) is 2.92. The monoisotopic (exact) mass is 277 g/mol. The molecule has 1 heterocycles. The number of benzene rings is 2. The summed E-state index contributed by atoms with van der Waals surface area (Å²) in [6.45, 7) is 2.14. The predicted octanol–water partition coefficient (Wildman–Crippen LogP) is 3.93. The van der Waals surface area contributed by atoms with Gasteiger partial charge in [0, 0.05) is 19.3 Å². The topological polar surface area (TPSA) is 29.9 Å². The molecule has 0 spiro atoms. The van der Waals surface area contributed by atoms with Crippen LogP contribution in [0.15, 0.2) is 66.9 Å². The molecule has 0 saturated heterocycles. The van der Waals surface area contributed by atoms with E-state index in [1.54, 1.807) is 0 Å². The summed E-state index contributed by atoms with van der Waals surface area (Å²) >= 11 is 0. The molecule has 3 heteroatoms. The predicted molar refractivity (Wildman–Crippen MR) is 86.3 cm³/mol. The summed E-state index contributed by atoms with van der Waals surface area (Å²) in [4.78, 5) is 0. The van der Waals surface area contributed by atoms with E-state index in [1.807, 2.05) is 30.1 Å². The number of hydrogen-bond acceptors (Lipinski definition) is 2. The van der Waals surface area contributed by atoms with Crippen LogP contribution in [0.1, 0.15) is 22.7 Å². The molecule has 3 rings (SSSR count). The minimum atomic E-state index is 0.0994. The van der Waals surface area contributed by atoms with Crippen molar-refractivity contribution in [2.45, 2.75) is 13.0 Å². The molecule has 0 saturated carbocycles. The number of anilines is 1. The molecule has 1 unspecified atom stereocenters.